The van der Waals surface area contributed by atoms with Crippen LogP contribution in [0.15, 0.2) is 65.2 Å². The highest BCUT2D eigenvalue weighted by molar-refractivity contribution is 8.02. The fraction of sp³-hybridized carbons (Fsp3) is 0.0588. The van der Waals surface area contributed by atoms with Crippen LogP contribution in [0.1, 0.15) is 11.1 Å². The van der Waals surface area contributed by atoms with Crippen LogP contribution in [0.2, 0.25) is 0 Å². The molecule has 0 saturated heterocycles. The Kier molecular flexibility index (Phi) is 3.20. The molecule has 3 aromatic rings. The highest BCUT2D eigenvalue weighted by Gasteiger charge is 2.19. The first kappa shape index (κ1) is 13.2. The zero-order chi connectivity index (χ0) is 14.9. The summed E-state index contributed by atoms with van der Waals surface area (Å²) in [5.74, 6) is 0.823. The average Bonchev–Trinajstić information content (AvgIpc) is 2.99. The number of benzene rings is 2. The topological polar surface area (TPSA) is 42.7 Å². The number of hydrogen-bond donors (Lipinski definition) is 1. The van der Waals surface area contributed by atoms with Gasteiger partial charge in [-0.15, -0.1) is 10.2 Å². The lowest BCUT2D eigenvalue weighted by atomic mass is 10.1. The summed E-state index contributed by atoms with van der Waals surface area (Å²) in [7, 11) is 0. The van der Waals surface area contributed by atoms with E-state index in [1.165, 1.54) is 5.56 Å². The van der Waals surface area contributed by atoms with E-state index in [0.717, 1.165) is 27.8 Å². The molecule has 22 heavy (non-hydrogen) atoms. The molecule has 1 N–H and O–H groups in total. The summed E-state index contributed by atoms with van der Waals surface area (Å²) in [6.45, 7) is 2.08. The van der Waals surface area contributed by atoms with E-state index in [9.17, 15) is 0 Å². The molecule has 2 aromatic carbocycles. The van der Waals surface area contributed by atoms with Crippen molar-refractivity contribution in [1.82, 2.24) is 14.9 Å². The first-order valence-electron chi connectivity index (χ1n) is 7.03. The van der Waals surface area contributed by atoms with Gasteiger partial charge in [-0.25, -0.2) is 4.68 Å². The van der Waals surface area contributed by atoms with Crippen molar-refractivity contribution >= 4 is 17.5 Å². The number of aryl methyl sites for hydroxylation is 1. The molecular formula is C17H14N4S. The van der Waals surface area contributed by atoms with Gasteiger partial charge in [0.25, 0.3) is 0 Å². The van der Waals surface area contributed by atoms with E-state index in [-0.39, 0.29) is 0 Å². The molecule has 4 rings (SSSR count). The first-order valence-corrected chi connectivity index (χ1v) is 7.91. The lowest BCUT2D eigenvalue weighted by Crippen LogP contribution is -2.18. The average molecular weight is 306 g/mol. The minimum atomic E-state index is 0.823. The molecule has 4 nitrogen and oxygen atoms in total. The van der Waals surface area contributed by atoms with Gasteiger partial charge >= 0.3 is 0 Å². The van der Waals surface area contributed by atoms with Gasteiger partial charge in [-0.3, -0.25) is 5.43 Å². The molecule has 1 aliphatic rings. The highest BCUT2D eigenvalue weighted by Crippen LogP contribution is 2.31. The number of fused-ring (bicyclic) bond motifs is 1. The minimum Gasteiger partial charge on any atom is -0.289 e. The Hall–Kier alpha value is -2.53. The summed E-state index contributed by atoms with van der Waals surface area (Å²) < 4.78 is 1.94. The van der Waals surface area contributed by atoms with Crippen LogP contribution < -0.4 is 5.43 Å². The zero-order valence-electron chi connectivity index (χ0n) is 12.0. The van der Waals surface area contributed by atoms with Gasteiger partial charge in [0.2, 0.25) is 5.16 Å². The summed E-state index contributed by atoms with van der Waals surface area (Å²) in [6.07, 6.45) is 0. The molecule has 0 aliphatic carbocycles. The monoisotopic (exact) mass is 306 g/mol. The Balaban J connectivity index is 1.71. The molecule has 5 heteroatoms. The van der Waals surface area contributed by atoms with Crippen LogP contribution in [0.3, 0.4) is 0 Å². The molecule has 0 bridgehead atoms. The third-order valence-corrected chi connectivity index (χ3v) is 4.37. The molecule has 108 valence electrons. The Bertz CT molecular complexity index is 835. The van der Waals surface area contributed by atoms with Gasteiger partial charge in [0.15, 0.2) is 5.82 Å². The number of rotatable bonds is 2. The second-order valence-corrected chi connectivity index (χ2v) is 5.97. The predicted octanol–water partition coefficient (Wildman–Crippen LogP) is 3.90. The normalized spacial score (nSPS) is 13.2. The van der Waals surface area contributed by atoms with Crippen LogP contribution in [0, 0.1) is 6.92 Å². The molecule has 0 spiro atoms. The van der Waals surface area contributed by atoms with Crippen molar-refractivity contribution in [2.24, 2.45) is 0 Å². The van der Waals surface area contributed by atoms with Crippen LogP contribution in [-0.2, 0) is 0 Å². The second kappa shape index (κ2) is 5.35. The lowest BCUT2D eigenvalue weighted by Gasteiger charge is -2.19. The molecule has 0 atom stereocenters. The van der Waals surface area contributed by atoms with Gasteiger partial charge < -0.3 is 0 Å². The SMILES string of the molecule is Cc1ccc(-c2nnc3n2NC(c2ccccc2)=CS3)cc1. The number of nitrogens with one attached hydrogen (secondary N) is 1. The Labute approximate surface area is 132 Å². The van der Waals surface area contributed by atoms with E-state index in [4.69, 9.17) is 0 Å². The van der Waals surface area contributed by atoms with Crippen LogP contribution in [0.4, 0.5) is 0 Å². The smallest absolute Gasteiger partial charge is 0.214 e. The Morgan fingerprint density at radius 3 is 2.45 bits per heavy atom. The van der Waals surface area contributed by atoms with Crippen molar-refractivity contribution in [3.63, 3.8) is 0 Å². The second-order valence-electron chi connectivity index (χ2n) is 5.13. The van der Waals surface area contributed by atoms with E-state index in [1.807, 2.05) is 22.9 Å². The third-order valence-electron chi connectivity index (χ3n) is 3.54. The maximum absolute atomic E-state index is 4.32. The molecule has 0 fully saturated rings. The fourth-order valence-electron chi connectivity index (χ4n) is 2.35. The summed E-state index contributed by atoms with van der Waals surface area (Å²) in [5, 5.41) is 11.5. The molecule has 1 aliphatic heterocycles. The van der Waals surface area contributed by atoms with E-state index in [2.05, 4.69) is 64.4 Å². The molecule has 0 amide bonds. The van der Waals surface area contributed by atoms with Crippen molar-refractivity contribution in [1.29, 1.82) is 0 Å². The fourth-order valence-corrected chi connectivity index (χ4v) is 3.08. The molecule has 2 heterocycles. The van der Waals surface area contributed by atoms with Gasteiger partial charge in [-0.05, 0) is 12.5 Å². The number of thioether (sulfide) groups is 1. The summed E-state index contributed by atoms with van der Waals surface area (Å²) >= 11 is 1.58. The van der Waals surface area contributed by atoms with Gasteiger partial charge in [0, 0.05) is 11.0 Å². The maximum atomic E-state index is 4.32. The van der Waals surface area contributed by atoms with Crippen LogP contribution in [0.25, 0.3) is 17.1 Å². The molecule has 0 radical (unpaired) electrons. The van der Waals surface area contributed by atoms with Crippen LogP contribution in [-0.4, -0.2) is 14.9 Å². The van der Waals surface area contributed by atoms with Gasteiger partial charge in [0.1, 0.15) is 0 Å². The van der Waals surface area contributed by atoms with Crippen molar-refractivity contribution in [3.05, 3.63) is 71.1 Å². The minimum absolute atomic E-state index is 0.823. The Morgan fingerprint density at radius 1 is 0.909 bits per heavy atom. The van der Waals surface area contributed by atoms with Crippen molar-refractivity contribution in [2.45, 2.75) is 12.1 Å². The van der Waals surface area contributed by atoms with Gasteiger partial charge in [-0.2, -0.15) is 0 Å². The summed E-state index contributed by atoms with van der Waals surface area (Å²) in [4.78, 5) is 0. The van der Waals surface area contributed by atoms with Gasteiger partial charge in [0.05, 0.1) is 5.70 Å². The van der Waals surface area contributed by atoms with Crippen molar-refractivity contribution < 1.29 is 0 Å². The molecule has 0 unspecified atom stereocenters. The zero-order valence-corrected chi connectivity index (χ0v) is 12.8. The lowest BCUT2D eigenvalue weighted by molar-refractivity contribution is 0.826. The molecular weight excluding hydrogens is 292 g/mol. The third kappa shape index (κ3) is 2.29. The van der Waals surface area contributed by atoms with E-state index < -0.39 is 0 Å². The molecule has 1 aromatic heterocycles. The van der Waals surface area contributed by atoms with Crippen molar-refractivity contribution in [3.8, 4) is 11.4 Å². The number of hydrogen-bond acceptors (Lipinski definition) is 4. The van der Waals surface area contributed by atoms with Gasteiger partial charge in [-0.1, -0.05) is 71.9 Å². The van der Waals surface area contributed by atoms with E-state index in [0.29, 0.717) is 0 Å². The largest absolute Gasteiger partial charge is 0.289 e. The first-order chi connectivity index (χ1) is 10.8. The van der Waals surface area contributed by atoms with Crippen LogP contribution >= 0.6 is 11.8 Å². The molecule has 0 saturated carbocycles. The summed E-state index contributed by atoms with van der Waals surface area (Å²) in [6, 6.07) is 18.6. The van der Waals surface area contributed by atoms with Crippen molar-refractivity contribution in [2.75, 3.05) is 5.43 Å². The standard InChI is InChI=1S/C17H14N4S/c1-12-7-9-14(10-8-12)16-18-19-17-21(16)20-15(11-22-17)13-5-3-2-4-6-13/h2-11,20H,1H3. The predicted molar refractivity (Wildman–Crippen MR) is 89.8 cm³/mol. The van der Waals surface area contributed by atoms with E-state index >= 15 is 0 Å². The number of nitrogens with zero attached hydrogens (tertiary/aromatic N) is 3. The highest BCUT2D eigenvalue weighted by atomic mass is 32.2. The quantitative estimate of drug-likeness (QED) is 0.779. The number of aromatic nitrogens is 3. The van der Waals surface area contributed by atoms with Crippen LogP contribution in [0.5, 0.6) is 0 Å². The maximum Gasteiger partial charge on any atom is 0.214 e. The summed E-state index contributed by atoms with van der Waals surface area (Å²) in [5.41, 5.74) is 7.88. The Morgan fingerprint density at radius 2 is 1.68 bits per heavy atom. The van der Waals surface area contributed by atoms with E-state index in [1.54, 1.807) is 11.8 Å².